The Morgan fingerprint density at radius 3 is 2.39 bits per heavy atom. The van der Waals surface area contributed by atoms with Gasteiger partial charge in [0.05, 0.1) is 0 Å². The van der Waals surface area contributed by atoms with E-state index in [1.165, 1.54) is 0 Å². The van der Waals surface area contributed by atoms with Crippen LogP contribution in [0.25, 0.3) is 0 Å². The molecule has 1 aromatic rings. The van der Waals surface area contributed by atoms with Gasteiger partial charge in [0, 0.05) is 13.0 Å². The molecule has 0 spiro atoms. The molecule has 0 aliphatic carbocycles. The summed E-state index contributed by atoms with van der Waals surface area (Å²) in [5, 5.41) is 12.1. The van der Waals surface area contributed by atoms with Crippen LogP contribution in [0.3, 0.4) is 0 Å². The molecular formula is C14H19NO3. The summed E-state index contributed by atoms with van der Waals surface area (Å²) in [7, 11) is 0. The number of rotatable bonds is 6. The van der Waals surface area contributed by atoms with Crippen LogP contribution in [-0.4, -0.2) is 23.5 Å². The lowest BCUT2D eigenvalue weighted by Crippen LogP contribution is -2.44. The van der Waals surface area contributed by atoms with Crippen molar-refractivity contribution in [2.45, 2.75) is 32.1 Å². The Morgan fingerprint density at radius 1 is 1.28 bits per heavy atom. The molecule has 0 saturated carbocycles. The van der Waals surface area contributed by atoms with Crippen LogP contribution in [0.1, 0.15) is 32.3 Å². The lowest BCUT2D eigenvalue weighted by molar-refractivity contribution is -0.143. The first-order valence-electron chi connectivity index (χ1n) is 6.06. The zero-order valence-corrected chi connectivity index (χ0v) is 10.8. The van der Waals surface area contributed by atoms with E-state index in [1.807, 2.05) is 13.0 Å². The predicted molar refractivity (Wildman–Crippen MR) is 69.3 cm³/mol. The van der Waals surface area contributed by atoms with Crippen LogP contribution in [0.4, 0.5) is 0 Å². The van der Waals surface area contributed by atoms with Crippen LogP contribution in [0.2, 0.25) is 0 Å². The maximum absolute atomic E-state index is 11.4. The number of carbonyl (C=O) groups excluding carboxylic acids is 1. The standard InChI is InChI=1S/C14H19NO3/c1-3-7-12(16)15-10-14(2,13(17)18)11-8-5-4-6-9-11/h4-6,8-9H,3,7,10H2,1-2H3,(H,15,16)(H,17,18). The van der Waals surface area contributed by atoms with Crippen LogP contribution >= 0.6 is 0 Å². The maximum Gasteiger partial charge on any atom is 0.315 e. The molecule has 0 heterocycles. The molecule has 0 radical (unpaired) electrons. The van der Waals surface area contributed by atoms with E-state index in [9.17, 15) is 14.7 Å². The second-order valence-electron chi connectivity index (χ2n) is 4.53. The van der Waals surface area contributed by atoms with E-state index >= 15 is 0 Å². The summed E-state index contributed by atoms with van der Waals surface area (Å²) in [5.74, 6) is -1.05. The average Bonchev–Trinajstić information content (AvgIpc) is 2.37. The third kappa shape index (κ3) is 3.32. The van der Waals surface area contributed by atoms with Gasteiger partial charge >= 0.3 is 5.97 Å². The topological polar surface area (TPSA) is 66.4 Å². The zero-order valence-electron chi connectivity index (χ0n) is 10.8. The van der Waals surface area contributed by atoms with Crippen molar-refractivity contribution in [3.05, 3.63) is 35.9 Å². The van der Waals surface area contributed by atoms with Crippen molar-refractivity contribution in [2.75, 3.05) is 6.54 Å². The SMILES string of the molecule is CCCC(=O)NCC(C)(C(=O)O)c1ccccc1. The highest BCUT2D eigenvalue weighted by molar-refractivity contribution is 5.83. The third-order valence-corrected chi connectivity index (χ3v) is 3.00. The Balaban J connectivity index is 2.82. The molecule has 18 heavy (non-hydrogen) atoms. The minimum Gasteiger partial charge on any atom is -0.481 e. The highest BCUT2D eigenvalue weighted by Crippen LogP contribution is 2.23. The first-order valence-corrected chi connectivity index (χ1v) is 6.06. The van der Waals surface area contributed by atoms with Gasteiger partial charge in [0.1, 0.15) is 5.41 Å². The fourth-order valence-corrected chi connectivity index (χ4v) is 1.70. The molecule has 0 aliphatic rings. The quantitative estimate of drug-likeness (QED) is 0.809. The van der Waals surface area contributed by atoms with Gasteiger partial charge in [-0.25, -0.2) is 0 Å². The number of benzene rings is 1. The van der Waals surface area contributed by atoms with E-state index in [4.69, 9.17) is 0 Å². The summed E-state index contributed by atoms with van der Waals surface area (Å²) in [5.41, 5.74) is -0.403. The van der Waals surface area contributed by atoms with Crippen molar-refractivity contribution in [2.24, 2.45) is 0 Å². The van der Waals surface area contributed by atoms with E-state index in [2.05, 4.69) is 5.32 Å². The van der Waals surface area contributed by atoms with Gasteiger partial charge < -0.3 is 10.4 Å². The monoisotopic (exact) mass is 249 g/mol. The number of carboxylic acid groups (broad SMARTS) is 1. The molecule has 1 unspecified atom stereocenters. The molecule has 0 saturated heterocycles. The van der Waals surface area contributed by atoms with E-state index in [1.54, 1.807) is 31.2 Å². The van der Waals surface area contributed by atoms with E-state index in [-0.39, 0.29) is 12.5 Å². The molecule has 1 amide bonds. The van der Waals surface area contributed by atoms with Crippen molar-refractivity contribution < 1.29 is 14.7 Å². The minimum atomic E-state index is -1.09. The van der Waals surface area contributed by atoms with E-state index < -0.39 is 11.4 Å². The normalized spacial score (nSPS) is 13.7. The summed E-state index contributed by atoms with van der Waals surface area (Å²) in [4.78, 5) is 22.9. The second kappa shape index (κ2) is 6.19. The van der Waals surface area contributed by atoms with Crippen LogP contribution in [0, 0.1) is 0 Å². The molecule has 0 bridgehead atoms. The van der Waals surface area contributed by atoms with Crippen molar-refractivity contribution in [1.29, 1.82) is 0 Å². The van der Waals surface area contributed by atoms with Crippen LogP contribution < -0.4 is 5.32 Å². The highest BCUT2D eigenvalue weighted by atomic mass is 16.4. The van der Waals surface area contributed by atoms with Gasteiger partial charge in [0.25, 0.3) is 0 Å². The Labute approximate surface area is 107 Å². The summed E-state index contributed by atoms with van der Waals surface area (Å²) < 4.78 is 0. The Hall–Kier alpha value is -1.84. The molecule has 1 aromatic carbocycles. The number of hydrogen-bond donors (Lipinski definition) is 2. The molecule has 2 N–H and O–H groups in total. The first kappa shape index (κ1) is 14.2. The fourth-order valence-electron chi connectivity index (χ4n) is 1.70. The Kier molecular flexibility index (Phi) is 4.89. The number of carboxylic acids is 1. The second-order valence-corrected chi connectivity index (χ2v) is 4.53. The Morgan fingerprint density at radius 2 is 1.89 bits per heavy atom. The highest BCUT2D eigenvalue weighted by Gasteiger charge is 2.35. The molecule has 1 atom stereocenters. The molecule has 98 valence electrons. The smallest absolute Gasteiger partial charge is 0.315 e. The number of carbonyl (C=O) groups is 2. The molecule has 0 fully saturated rings. The van der Waals surface area contributed by atoms with Gasteiger partial charge in [-0.3, -0.25) is 9.59 Å². The lowest BCUT2D eigenvalue weighted by Gasteiger charge is -2.25. The third-order valence-electron chi connectivity index (χ3n) is 3.00. The largest absolute Gasteiger partial charge is 0.481 e. The molecule has 0 aliphatic heterocycles. The molecule has 1 rings (SSSR count). The van der Waals surface area contributed by atoms with Gasteiger partial charge in [0.15, 0.2) is 0 Å². The fraction of sp³-hybridized carbons (Fsp3) is 0.429. The predicted octanol–water partition coefficient (Wildman–Crippen LogP) is 1.95. The van der Waals surface area contributed by atoms with Gasteiger partial charge in [-0.1, -0.05) is 37.3 Å². The minimum absolute atomic E-state index is 0.102. The zero-order chi connectivity index (χ0) is 13.6. The van der Waals surface area contributed by atoms with Gasteiger partial charge in [-0.05, 0) is 18.9 Å². The summed E-state index contributed by atoms with van der Waals surface area (Å²) in [6.07, 6.45) is 1.17. The summed E-state index contributed by atoms with van der Waals surface area (Å²) >= 11 is 0. The number of hydrogen-bond acceptors (Lipinski definition) is 2. The van der Waals surface area contributed by atoms with Gasteiger partial charge in [0.2, 0.25) is 5.91 Å². The molecule has 0 aromatic heterocycles. The van der Waals surface area contributed by atoms with Crippen molar-refractivity contribution in [3.63, 3.8) is 0 Å². The van der Waals surface area contributed by atoms with E-state index in [0.29, 0.717) is 12.0 Å². The van der Waals surface area contributed by atoms with Crippen molar-refractivity contribution in [3.8, 4) is 0 Å². The van der Waals surface area contributed by atoms with Crippen LogP contribution in [0.5, 0.6) is 0 Å². The van der Waals surface area contributed by atoms with Crippen LogP contribution in [-0.2, 0) is 15.0 Å². The molecule has 4 nitrogen and oxygen atoms in total. The lowest BCUT2D eigenvalue weighted by atomic mass is 9.82. The number of amides is 1. The van der Waals surface area contributed by atoms with Crippen molar-refractivity contribution in [1.82, 2.24) is 5.32 Å². The Bertz CT molecular complexity index is 416. The maximum atomic E-state index is 11.4. The average molecular weight is 249 g/mol. The van der Waals surface area contributed by atoms with E-state index in [0.717, 1.165) is 6.42 Å². The van der Waals surface area contributed by atoms with Crippen molar-refractivity contribution >= 4 is 11.9 Å². The van der Waals surface area contributed by atoms with Gasteiger partial charge in [-0.15, -0.1) is 0 Å². The molecular weight excluding hydrogens is 230 g/mol. The summed E-state index contributed by atoms with van der Waals surface area (Å²) in [6, 6.07) is 8.95. The summed E-state index contributed by atoms with van der Waals surface area (Å²) in [6.45, 7) is 3.63. The number of aliphatic carboxylic acids is 1. The molecule has 4 heteroatoms. The number of nitrogens with one attached hydrogen (secondary N) is 1. The van der Waals surface area contributed by atoms with Crippen LogP contribution in [0.15, 0.2) is 30.3 Å². The first-order chi connectivity index (χ1) is 8.50. The van der Waals surface area contributed by atoms with Gasteiger partial charge in [-0.2, -0.15) is 0 Å².